The third kappa shape index (κ3) is 3.92. The van der Waals surface area contributed by atoms with Crippen LogP contribution in [0.3, 0.4) is 0 Å². The molecule has 1 aromatic rings. The fourth-order valence-electron chi connectivity index (χ4n) is 1.92. The molecule has 0 bridgehead atoms. The van der Waals surface area contributed by atoms with E-state index in [2.05, 4.69) is 17.7 Å². The first-order valence-electron chi connectivity index (χ1n) is 6.56. The van der Waals surface area contributed by atoms with Gasteiger partial charge in [-0.25, -0.2) is 0 Å². The summed E-state index contributed by atoms with van der Waals surface area (Å²) >= 11 is 0. The molecule has 0 fully saturated rings. The number of nitrogens with two attached hydrogens (primary N) is 1. The standard InChI is InChI=1S/C13H20N4O3/c1-3-4-6-9(2)15-13(18)10-7-5-8-11(17(19)20)12(10)16-14/h5,7-9,16H,3-4,6,14H2,1-2H3,(H,15,18). The Kier molecular flexibility index (Phi) is 5.92. The number of nitrogens with one attached hydrogen (secondary N) is 2. The van der Waals surface area contributed by atoms with E-state index in [0.29, 0.717) is 0 Å². The topological polar surface area (TPSA) is 110 Å². The summed E-state index contributed by atoms with van der Waals surface area (Å²) in [5.41, 5.74) is 2.22. The Morgan fingerprint density at radius 3 is 2.75 bits per heavy atom. The summed E-state index contributed by atoms with van der Waals surface area (Å²) in [6.07, 6.45) is 2.92. The number of nitro groups is 1. The van der Waals surface area contributed by atoms with Crippen LogP contribution in [0.25, 0.3) is 0 Å². The number of unbranched alkanes of at least 4 members (excludes halogenated alkanes) is 1. The number of anilines is 1. The first-order chi connectivity index (χ1) is 9.51. The van der Waals surface area contributed by atoms with E-state index in [1.54, 1.807) is 0 Å². The number of benzene rings is 1. The Hall–Kier alpha value is -2.15. The molecule has 1 unspecified atom stereocenters. The maximum atomic E-state index is 12.1. The fraction of sp³-hybridized carbons (Fsp3) is 0.462. The van der Waals surface area contributed by atoms with Crippen molar-refractivity contribution < 1.29 is 9.72 Å². The van der Waals surface area contributed by atoms with Crippen LogP contribution in [0.4, 0.5) is 11.4 Å². The molecule has 0 spiro atoms. The first-order valence-corrected chi connectivity index (χ1v) is 6.56. The second kappa shape index (κ2) is 7.44. The first kappa shape index (κ1) is 15.9. The van der Waals surface area contributed by atoms with Gasteiger partial charge in [-0.05, 0) is 19.4 Å². The average Bonchev–Trinajstić information content (AvgIpc) is 2.43. The summed E-state index contributed by atoms with van der Waals surface area (Å²) in [4.78, 5) is 22.5. The van der Waals surface area contributed by atoms with E-state index in [0.717, 1.165) is 19.3 Å². The van der Waals surface area contributed by atoms with Crippen molar-refractivity contribution in [1.82, 2.24) is 5.32 Å². The summed E-state index contributed by atoms with van der Waals surface area (Å²) in [6.45, 7) is 3.98. The van der Waals surface area contributed by atoms with E-state index in [4.69, 9.17) is 5.84 Å². The number of rotatable bonds is 7. The van der Waals surface area contributed by atoms with Crippen LogP contribution in [0.5, 0.6) is 0 Å². The lowest BCUT2D eigenvalue weighted by molar-refractivity contribution is -0.384. The summed E-state index contributed by atoms with van der Waals surface area (Å²) in [7, 11) is 0. The quantitative estimate of drug-likeness (QED) is 0.403. The molecule has 0 saturated heterocycles. The zero-order chi connectivity index (χ0) is 15.1. The van der Waals surface area contributed by atoms with Crippen molar-refractivity contribution in [2.75, 3.05) is 5.43 Å². The molecule has 0 aliphatic carbocycles. The molecule has 0 aliphatic heterocycles. The van der Waals surface area contributed by atoms with E-state index in [1.807, 2.05) is 6.92 Å². The average molecular weight is 280 g/mol. The molecule has 0 saturated carbocycles. The molecule has 0 heterocycles. The summed E-state index contributed by atoms with van der Waals surface area (Å²) < 4.78 is 0. The van der Waals surface area contributed by atoms with Gasteiger partial charge in [0, 0.05) is 12.1 Å². The highest BCUT2D eigenvalue weighted by Crippen LogP contribution is 2.27. The van der Waals surface area contributed by atoms with Crippen LogP contribution in [-0.2, 0) is 0 Å². The normalized spacial score (nSPS) is 11.8. The Balaban J connectivity index is 2.93. The van der Waals surface area contributed by atoms with Gasteiger partial charge in [-0.3, -0.25) is 20.8 Å². The fourth-order valence-corrected chi connectivity index (χ4v) is 1.92. The van der Waals surface area contributed by atoms with E-state index in [9.17, 15) is 14.9 Å². The van der Waals surface area contributed by atoms with Gasteiger partial charge in [0.1, 0.15) is 5.69 Å². The highest BCUT2D eigenvalue weighted by atomic mass is 16.6. The summed E-state index contributed by atoms with van der Waals surface area (Å²) in [5, 5.41) is 13.7. The number of nitro benzene ring substituents is 1. The van der Waals surface area contributed by atoms with Gasteiger partial charge in [-0.1, -0.05) is 25.8 Å². The van der Waals surface area contributed by atoms with Crippen LogP contribution in [-0.4, -0.2) is 16.9 Å². The lowest BCUT2D eigenvalue weighted by Gasteiger charge is -2.15. The number of hydrogen-bond donors (Lipinski definition) is 3. The Morgan fingerprint density at radius 1 is 1.50 bits per heavy atom. The van der Waals surface area contributed by atoms with Crippen LogP contribution in [0.1, 0.15) is 43.5 Å². The van der Waals surface area contributed by atoms with Gasteiger partial charge in [0.25, 0.3) is 11.6 Å². The van der Waals surface area contributed by atoms with Crippen LogP contribution >= 0.6 is 0 Å². The van der Waals surface area contributed by atoms with Crippen molar-refractivity contribution in [1.29, 1.82) is 0 Å². The third-order valence-corrected chi connectivity index (χ3v) is 3.00. The molecule has 1 amide bonds. The zero-order valence-electron chi connectivity index (χ0n) is 11.7. The van der Waals surface area contributed by atoms with Gasteiger partial charge in [0.15, 0.2) is 0 Å². The molecule has 110 valence electrons. The molecule has 0 aromatic heterocycles. The van der Waals surface area contributed by atoms with Crippen LogP contribution in [0.2, 0.25) is 0 Å². The lowest BCUT2D eigenvalue weighted by Crippen LogP contribution is -2.33. The molecule has 7 nitrogen and oxygen atoms in total. The number of nitrogen functional groups attached to an aromatic ring is 1. The van der Waals surface area contributed by atoms with Gasteiger partial charge in [-0.2, -0.15) is 0 Å². The second-order valence-electron chi connectivity index (χ2n) is 4.62. The number of nitrogens with zero attached hydrogens (tertiary/aromatic N) is 1. The Morgan fingerprint density at radius 2 is 2.20 bits per heavy atom. The molecule has 7 heteroatoms. The van der Waals surface area contributed by atoms with Crippen molar-refractivity contribution in [2.45, 2.75) is 39.2 Å². The predicted octanol–water partition coefficient (Wildman–Crippen LogP) is 2.19. The number of hydrogen-bond acceptors (Lipinski definition) is 5. The Bertz CT molecular complexity index is 491. The zero-order valence-corrected chi connectivity index (χ0v) is 11.7. The minimum Gasteiger partial charge on any atom is -0.350 e. The molecule has 1 aromatic carbocycles. The second-order valence-corrected chi connectivity index (χ2v) is 4.62. The molecule has 0 aliphatic rings. The number of para-hydroxylation sites is 1. The van der Waals surface area contributed by atoms with E-state index >= 15 is 0 Å². The molecule has 4 N–H and O–H groups in total. The maximum Gasteiger partial charge on any atom is 0.294 e. The van der Waals surface area contributed by atoms with Crippen molar-refractivity contribution in [2.24, 2.45) is 5.84 Å². The summed E-state index contributed by atoms with van der Waals surface area (Å²) in [6, 6.07) is 4.27. The largest absolute Gasteiger partial charge is 0.350 e. The molecule has 1 rings (SSSR count). The maximum absolute atomic E-state index is 12.1. The highest BCUT2D eigenvalue weighted by molar-refractivity contribution is 6.01. The van der Waals surface area contributed by atoms with E-state index < -0.39 is 4.92 Å². The van der Waals surface area contributed by atoms with E-state index in [1.165, 1.54) is 18.2 Å². The lowest BCUT2D eigenvalue weighted by atomic mass is 10.1. The SMILES string of the molecule is CCCCC(C)NC(=O)c1cccc([N+](=O)[O-])c1NN. The van der Waals surface area contributed by atoms with Crippen molar-refractivity contribution in [3.8, 4) is 0 Å². The molecule has 0 radical (unpaired) electrons. The predicted molar refractivity (Wildman–Crippen MR) is 77.4 cm³/mol. The highest BCUT2D eigenvalue weighted by Gasteiger charge is 2.21. The molecular weight excluding hydrogens is 260 g/mol. The van der Waals surface area contributed by atoms with E-state index in [-0.39, 0.29) is 28.9 Å². The number of carbonyl (C=O) groups excluding carboxylic acids is 1. The molecule has 1 atom stereocenters. The minimum absolute atomic E-state index is 0.00679. The van der Waals surface area contributed by atoms with Gasteiger partial charge in [-0.15, -0.1) is 0 Å². The van der Waals surface area contributed by atoms with Crippen LogP contribution in [0.15, 0.2) is 18.2 Å². The number of carbonyl (C=O) groups is 1. The van der Waals surface area contributed by atoms with Crippen molar-refractivity contribution in [3.05, 3.63) is 33.9 Å². The van der Waals surface area contributed by atoms with Crippen molar-refractivity contribution in [3.63, 3.8) is 0 Å². The number of amides is 1. The number of hydrazine groups is 1. The van der Waals surface area contributed by atoms with Gasteiger partial charge < -0.3 is 10.7 Å². The summed E-state index contributed by atoms with van der Waals surface area (Å²) in [5.74, 6) is 4.93. The molecular formula is C13H20N4O3. The Labute approximate surface area is 117 Å². The van der Waals surface area contributed by atoms with Crippen LogP contribution in [0, 0.1) is 10.1 Å². The third-order valence-electron chi connectivity index (χ3n) is 3.00. The van der Waals surface area contributed by atoms with Gasteiger partial charge >= 0.3 is 0 Å². The van der Waals surface area contributed by atoms with Gasteiger partial charge in [0.2, 0.25) is 0 Å². The monoisotopic (exact) mass is 280 g/mol. The van der Waals surface area contributed by atoms with Crippen molar-refractivity contribution >= 4 is 17.3 Å². The van der Waals surface area contributed by atoms with Gasteiger partial charge in [0.05, 0.1) is 10.5 Å². The smallest absolute Gasteiger partial charge is 0.294 e. The van der Waals surface area contributed by atoms with Crippen LogP contribution < -0.4 is 16.6 Å². The minimum atomic E-state index is -0.577. The molecule has 20 heavy (non-hydrogen) atoms.